The van der Waals surface area contributed by atoms with Gasteiger partial charge in [-0.15, -0.1) is 0 Å². The molecule has 1 heteroatoms. The second kappa shape index (κ2) is 3.69. The summed E-state index contributed by atoms with van der Waals surface area (Å²) >= 11 is 0. The monoisotopic (exact) mass is 195 g/mol. The second-order valence-corrected chi connectivity index (χ2v) is 5.37. The molecule has 1 N–H and O–H groups in total. The fourth-order valence-corrected chi connectivity index (χ4v) is 2.55. The van der Waals surface area contributed by atoms with Crippen molar-refractivity contribution in [2.24, 2.45) is 5.92 Å². The molecule has 0 spiro atoms. The smallest absolute Gasteiger partial charge is 0.0218 e. The van der Waals surface area contributed by atoms with E-state index in [0.29, 0.717) is 5.92 Å². The van der Waals surface area contributed by atoms with Crippen molar-refractivity contribution in [3.8, 4) is 0 Å². The Balaban J connectivity index is 2.93. The molecular formula is C13H25N. The van der Waals surface area contributed by atoms with Crippen molar-refractivity contribution < 1.29 is 0 Å². The Hall–Kier alpha value is -0.300. The second-order valence-electron chi connectivity index (χ2n) is 5.37. The predicted molar refractivity (Wildman–Crippen MR) is 63.4 cm³/mol. The lowest BCUT2D eigenvalue weighted by Crippen LogP contribution is -2.62. The Morgan fingerprint density at radius 3 is 2.36 bits per heavy atom. The summed E-state index contributed by atoms with van der Waals surface area (Å²) < 4.78 is 0. The maximum Gasteiger partial charge on any atom is 0.0218 e. The van der Waals surface area contributed by atoms with Crippen molar-refractivity contribution in [3.05, 3.63) is 12.2 Å². The molecule has 0 saturated carbocycles. The van der Waals surface area contributed by atoms with Gasteiger partial charge in [-0.05, 0) is 39.0 Å². The highest BCUT2D eigenvalue weighted by atomic mass is 15.1. The standard InChI is InChI=1S/C13H25N/c1-7-12(5)9-10(3)11(4)13(6,8-2)14-12/h11,14H,3,7-9H2,1-2,4-6H3. The minimum atomic E-state index is 0.236. The lowest BCUT2D eigenvalue weighted by atomic mass is 9.69. The van der Waals surface area contributed by atoms with Gasteiger partial charge in [-0.1, -0.05) is 32.9 Å². The molecule has 0 aliphatic carbocycles. The third-order valence-electron chi connectivity index (χ3n) is 4.29. The van der Waals surface area contributed by atoms with Gasteiger partial charge in [0.25, 0.3) is 0 Å². The number of piperidine rings is 1. The van der Waals surface area contributed by atoms with Crippen molar-refractivity contribution in [3.63, 3.8) is 0 Å². The summed E-state index contributed by atoms with van der Waals surface area (Å²) in [6.45, 7) is 15.7. The van der Waals surface area contributed by atoms with Crippen LogP contribution in [0.5, 0.6) is 0 Å². The Morgan fingerprint density at radius 1 is 1.36 bits per heavy atom. The van der Waals surface area contributed by atoms with E-state index in [9.17, 15) is 0 Å². The average Bonchev–Trinajstić information content (AvgIpc) is 2.14. The molecule has 1 heterocycles. The van der Waals surface area contributed by atoms with Gasteiger partial charge in [0.15, 0.2) is 0 Å². The number of rotatable bonds is 2. The third kappa shape index (κ3) is 1.88. The maximum atomic E-state index is 4.24. The van der Waals surface area contributed by atoms with E-state index >= 15 is 0 Å². The molecule has 0 aromatic carbocycles. The van der Waals surface area contributed by atoms with E-state index in [1.807, 2.05) is 0 Å². The Morgan fingerprint density at radius 2 is 1.93 bits per heavy atom. The topological polar surface area (TPSA) is 12.0 Å². The summed E-state index contributed by atoms with van der Waals surface area (Å²) in [5, 5.41) is 3.82. The first-order valence-corrected chi connectivity index (χ1v) is 5.84. The first-order valence-electron chi connectivity index (χ1n) is 5.84. The third-order valence-corrected chi connectivity index (χ3v) is 4.29. The van der Waals surface area contributed by atoms with Crippen molar-refractivity contribution in [2.75, 3.05) is 0 Å². The molecule has 1 aliphatic heterocycles. The largest absolute Gasteiger partial charge is 0.305 e. The summed E-state index contributed by atoms with van der Waals surface area (Å²) in [7, 11) is 0. The maximum absolute atomic E-state index is 4.24. The van der Waals surface area contributed by atoms with Crippen molar-refractivity contribution in [1.29, 1.82) is 0 Å². The van der Waals surface area contributed by atoms with E-state index in [2.05, 4.69) is 46.5 Å². The van der Waals surface area contributed by atoms with Gasteiger partial charge in [0.05, 0.1) is 0 Å². The molecule has 3 unspecified atom stereocenters. The minimum Gasteiger partial charge on any atom is -0.305 e. The average molecular weight is 195 g/mol. The fourth-order valence-electron chi connectivity index (χ4n) is 2.55. The Labute approximate surface area is 89.0 Å². The van der Waals surface area contributed by atoms with Gasteiger partial charge in [0.1, 0.15) is 0 Å². The van der Waals surface area contributed by atoms with Gasteiger partial charge in [-0.2, -0.15) is 0 Å². The molecule has 0 aromatic rings. The normalized spacial score (nSPS) is 44.1. The van der Waals surface area contributed by atoms with Gasteiger partial charge in [0, 0.05) is 11.1 Å². The molecule has 1 fully saturated rings. The highest BCUT2D eigenvalue weighted by Gasteiger charge is 2.42. The first kappa shape index (κ1) is 11.8. The van der Waals surface area contributed by atoms with Crippen LogP contribution in [0, 0.1) is 5.92 Å². The van der Waals surface area contributed by atoms with Crippen LogP contribution in [0.4, 0.5) is 0 Å². The highest BCUT2D eigenvalue weighted by Crippen LogP contribution is 2.39. The van der Waals surface area contributed by atoms with E-state index < -0.39 is 0 Å². The molecule has 0 bridgehead atoms. The quantitative estimate of drug-likeness (QED) is 0.665. The van der Waals surface area contributed by atoms with Gasteiger partial charge in [-0.3, -0.25) is 0 Å². The van der Waals surface area contributed by atoms with Crippen LogP contribution in [-0.2, 0) is 0 Å². The number of nitrogens with one attached hydrogen (secondary N) is 1. The summed E-state index contributed by atoms with van der Waals surface area (Å²) in [6, 6.07) is 0. The van der Waals surface area contributed by atoms with Crippen molar-refractivity contribution >= 4 is 0 Å². The molecule has 1 nitrogen and oxygen atoms in total. The molecule has 82 valence electrons. The van der Waals surface area contributed by atoms with Gasteiger partial charge >= 0.3 is 0 Å². The van der Waals surface area contributed by atoms with Crippen molar-refractivity contribution in [1.82, 2.24) is 5.32 Å². The van der Waals surface area contributed by atoms with Crippen LogP contribution in [0.15, 0.2) is 12.2 Å². The van der Waals surface area contributed by atoms with E-state index in [4.69, 9.17) is 0 Å². The number of hydrogen-bond donors (Lipinski definition) is 1. The zero-order chi connectivity index (χ0) is 11.0. The molecule has 1 rings (SSSR count). The van der Waals surface area contributed by atoms with Crippen LogP contribution in [0.3, 0.4) is 0 Å². The summed E-state index contributed by atoms with van der Waals surface area (Å²) in [5.41, 5.74) is 1.91. The van der Waals surface area contributed by atoms with E-state index in [1.165, 1.54) is 18.4 Å². The van der Waals surface area contributed by atoms with Gasteiger partial charge in [-0.25, -0.2) is 0 Å². The SMILES string of the molecule is C=C1CC(C)(CC)NC(C)(CC)C1C. The number of hydrogen-bond acceptors (Lipinski definition) is 1. The molecule has 3 atom stereocenters. The van der Waals surface area contributed by atoms with Gasteiger partial charge in [0.2, 0.25) is 0 Å². The predicted octanol–water partition coefficient (Wildman–Crippen LogP) is 3.51. The fraction of sp³-hybridized carbons (Fsp3) is 0.846. The summed E-state index contributed by atoms with van der Waals surface area (Å²) in [6.07, 6.45) is 3.47. The van der Waals surface area contributed by atoms with Crippen LogP contribution < -0.4 is 5.32 Å². The molecule has 1 aliphatic rings. The Bertz CT molecular complexity index is 233. The van der Waals surface area contributed by atoms with E-state index in [-0.39, 0.29) is 11.1 Å². The molecular weight excluding hydrogens is 170 g/mol. The van der Waals surface area contributed by atoms with Crippen LogP contribution in [-0.4, -0.2) is 11.1 Å². The minimum absolute atomic E-state index is 0.236. The van der Waals surface area contributed by atoms with Gasteiger partial charge < -0.3 is 5.32 Å². The zero-order valence-electron chi connectivity index (χ0n) is 10.4. The first-order chi connectivity index (χ1) is 6.37. The zero-order valence-corrected chi connectivity index (χ0v) is 10.4. The van der Waals surface area contributed by atoms with Crippen LogP contribution in [0.1, 0.15) is 53.9 Å². The molecule has 0 radical (unpaired) electrons. The highest BCUT2D eigenvalue weighted by molar-refractivity contribution is 5.18. The summed E-state index contributed by atoms with van der Waals surface area (Å²) in [5.74, 6) is 0.590. The Kier molecular flexibility index (Phi) is 3.10. The van der Waals surface area contributed by atoms with E-state index in [1.54, 1.807) is 0 Å². The van der Waals surface area contributed by atoms with Crippen LogP contribution >= 0.6 is 0 Å². The van der Waals surface area contributed by atoms with E-state index in [0.717, 1.165) is 6.42 Å². The molecule has 14 heavy (non-hydrogen) atoms. The molecule has 1 saturated heterocycles. The van der Waals surface area contributed by atoms with Crippen molar-refractivity contribution in [2.45, 2.75) is 65.0 Å². The lowest BCUT2D eigenvalue weighted by Gasteiger charge is -2.51. The van der Waals surface area contributed by atoms with Crippen LogP contribution in [0.25, 0.3) is 0 Å². The summed E-state index contributed by atoms with van der Waals surface area (Å²) in [4.78, 5) is 0. The van der Waals surface area contributed by atoms with Crippen LogP contribution in [0.2, 0.25) is 0 Å². The lowest BCUT2D eigenvalue weighted by molar-refractivity contribution is 0.135. The molecule has 0 amide bonds. The molecule has 0 aromatic heterocycles.